The zero-order valence-electron chi connectivity index (χ0n) is 11.8. The third-order valence-corrected chi connectivity index (χ3v) is 3.42. The number of aromatic nitrogens is 1. The largest absolute Gasteiger partial charge is 0.621 e. The molecule has 0 spiro atoms. The molecule has 1 heterocycles. The number of nitro groups is 1. The third-order valence-electron chi connectivity index (χ3n) is 3.42. The van der Waals surface area contributed by atoms with Crippen molar-refractivity contribution in [3.8, 4) is 0 Å². The average molecular weight is 309 g/mol. The van der Waals surface area contributed by atoms with Crippen LogP contribution in [0.2, 0.25) is 0 Å². The van der Waals surface area contributed by atoms with E-state index in [0.29, 0.717) is 5.52 Å². The van der Waals surface area contributed by atoms with Crippen LogP contribution in [0.25, 0.3) is 10.9 Å². The molecule has 0 saturated carbocycles. The Morgan fingerprint density at radius 3 is 2.43 bits per heavy atom. The van der Waals surface area contributed by atoms with E-state index in [1.54, 1.807) is 36.5 Å². The second-order valence-electron chi connectivity index (χ2n) is 4.84. The SMILES string of the molecule is O=C(c1ccc([N+](=O)[O-])cc1)[NH+]([O-])c1cccc2cccnc12. The van der Waals surface area contributed by atoms with Crippen molar-refractivity contribution in [1.82, 2.24) is 4.98 Å². The summed E-state index contributed by atoms with van der Waals surface area (Å²) in [4.78, 5) is 26.5. The van der Waals surface area contributed by atoms with Crippen molar-refractivity contribution in [3.05, 3.63) is 81.7 Å². The number of para-hydroxylation sites is 1. The number of hydrogen-bond donors (Lipinski definition) is 1. The maximum atomic E-state index is 12.5. The fourth-order valence-corrected chi connectivity index (χ4v) is 2.28. The second-order valence-corrected chi connectivity index (χ2v) is 4.84. The highest BCUT2D eigenvalue weighted by Gasteiger charge is 2.20. The highest BCUT2D eigenvalue weighted by atomic mass is 16.6. The molecular weight excluding hydrogens is 298 g/mol. The summed E-state index contributed by atoms with van der Waals surface area (Å²) < 4.78 is 0. The predicted molar refractivity (Wildman–Crippen MR) is 83.2 cm³/mol. The molecule has 1 unspecified atom stereocenters. The standard InChI is InChI=1S/C16H11N3O4/c20-16(12-6-8-13(9-7-12)19(22)23)18(21)14-5-1-3-11-4-2-10-17-15(11)14/h1-10,18H. The van der Waals surface area contributed by atoms with Gasteiger partial charge in [0.05, 0.1) is 10.5 Å². The minimum absolute atomic E-state index is 0.105. The highest BCUT2D eigenvalue weighted by Crippen LogP contribution is 2.18. The van der Waals surface area contributed by atoms with E-state index in [0.717, 1.165) is 5.39 Å². The fraction of sp³-hybridized carbons (Fsp3) is 0. The zero-order valence-corrected chi connectivity index (χ0v) is 11.8. The Bertz CT molecular complexity index is 888. The van der Waals surface area contributed by atoms with Crippen LogP contribution < -0.4 is 5.06 Å². The second kappa shape index (κ2) is 5.91. The monoisotopic (exact) mass is 309 g/mol. The van der Waals surface area contributed by atoms with Gasteiger partial charge in [0.2, 0.25) is 0 Å². The molecule has 23 heavy (non-hydrogen) atoms. The number of amides is 1. The van der Waals surface area contributed by atoms with Crippen LogP contribution in [-0.2, 0) is 0 Å². The molecule has 0 aliphatic heterocycles. The number of nitrogens with one attached hydrogen (secondary N) is 1. The van der Waals surface area contributed by atoms with Gasteiger partial charge in [0.15, 0.2) is 5.69 Å². The van der Waals surface area contributed by atoms with Gasteiger partial charge in [-0.2, -0.15) is 0 Å². The highest BCUT2D eigenvalue weighted by molar-refractivity contribution is 5.93. The summed E-state index contributed by atoms with van der Waals surface area (Å²) in [6.07, 6.45) is 1.55. The number of quaternary nitrogens is 1. The molecule has 3 aromatic rings. The first-order valence-corrected chi connectivity index (χ1v) is 6.75. The molecule has 1 atom stereocenters. The Morgan fingerprint density at radius 1 is 1.04 bits per heavy atom. The zero-order chi connectivity index (χ0) is 16.4. The topological polar surface area (TPSA) is 101 Å². The summed E-state index contributed by atoms with van der Waals surface area (Å²) in [5.74, 6) is -0.724. The summed E-state index contributed by atoms with van der Waals surface area (Å²) >= 11 is 0. The van der Waals surface area contributed by atoms with Gasteiger partial charge in [0.25, 0.3) is 5.69 Å². The Labute approximate surface area is 130 Å². The summed E-state index contributed by atoms with van der Waals surface area (Å²) in [6.45, 7) is 0. The van der Waals surface area contributed by atoms with E-state index in [9.17, 15) is 20.1 Å². The minimum Gasteiger partial charge on any atom is -0.621 e. The molecule has 0 fully saturated rings. The van der Waals surface area contributed by atoms with Crippen molar-refractivity contribution in [1.29, 1.82) is 0 Å². The van der Waals surface area contributed by atoms with Crippen molar-refractivity contribution in [2.45, 2.75) is 0 Å². The number of non-ortho nitro benzene ring substituents is 1. The maximum absolute atomic E-state index is 12.5. The fourth-order valence-electron chi connectivity index (χ4n) is 2.28. The quantitative estimate of drug-likeness (QED) is 0.589. The number of nitro benzene ring substituents is 1. The van der Waals surface area contributed by atoms with Gasteiger partial charge in [0, 0.05) is 29.8 Å². The van der Waals surface area contributed by atoms with Gasteiger partial charge in [-0.25, -0.2) is 9.78 Å². The molecule has 0 saturated heterocycles. The lowest BCUT2D eigenvalue weighted by molar-refractivity contribution is -0.678. The van der Waals surface area contributed by atoms with Crippen LogP contribution in [0.4, 0.5) is 11.4 Å². The van der Waals surface area contributed by atoms with Crippen molar-refractivity contribution in [3.63, 3.8) is 0 Å². The van der Waals surface area contributed by atoms with Gasteiger partial charge in [0.1, 0.15) is 5.52 Å². The first-order valence-electron chi connectivity index (χ1n) is 6.75. The van der Waals surface area contributed by atoms with E-state index >= 15 is 0 Å². The van der Waals surface area contributed by atoms with Crippen LogP contribution in [0.1, 0.15) is 10.4 Å². The first kappa shape index (κ1) is 14.8. The van der Waals surface area contributed by atoms with Gasteiger partial charge < -0.3 is 5.21 Å². The van der Waals surface area contributed by atoms with E-state index in [4.69, 9.17) is 0 Å². The molecule has 1 aromatic heterocycles. The molecular formula is C16H11N3O4. The molecule has 1 N–H and O–H groups in total. The molecule has 7 heteroatoms. The Kier molecular flexibility index (Phi) is 3.80. The van der Waals surface area contributed by atoms with Gasteiger partial charge in [-0.15, -0.1) is 0 Å². The minimum atomic E-state index is -0.724. The molecule has 3 rings (SSSR count). The van der Waals surface area contributed by atoms with Crippen LogP contribution in [-0.4, -0.2) is 15.8 Å². The number of fused-ring (bicyclic) bond motifs is 1. The van der Waals surface area contributed by atoms with E-state index in [1.807, 2.05) is 0 Å². The van der Waals surface area contributed by atoms with Crippen molar-refractivity contribution < 1.29 is 14.8 Å². The van der Waals surface area contributed by atoms with E-state index in [2.05, 4.69) is 4.98 Å². The lowest BCUT2D eigenvalue weighted by atomic mass is 10.1. The summed E-state index contributed by atoms with van der Waals surface area (Å²) in [7, 11) is 0. The molecule has 1 amide bonds. The maximum Gasteiger partial charge on any atom is 0.349 e. The molecule has 0 radical (unpaired) electrons. The van der Waals surface area contributed by atoms with E-state index in [1.165, 1.54) is 24.3 Å². The normalized spacial score (nSPS) is 12.0. The number of hydrogen-bond acceptors (Lipinski definition) is 5. The molecule has 0 aliphatic carbocycles. The van der Waals surface area contributed by atoms with Crippen LogP contribution >= 0.6 is 0 Å². The molecule has 0 aliphatic rings. The summed E-state index contributed by atoms with van der Waals surface area (Å²) in [5, 5.41) is 23.2. The van der Waals surface area contributed by atoms with Gasteiger partial charge in [-0.1, -0.05) is 18.2 Å². The Hall–Kier alpha value is -3.16. The third kappa shape index (κ3) is 2.78. The van der Waals surface area contributed by atoms with Crippen molar-refractivity contribution in [2.75, 3.05) is 0 Å². The smallest absolute Gasteiger partial charge is 0.349 e. The van der Waals surface area contributed by atoms with Crippen LogP contribution in [0, 0.1) is 15.3 Å². The first-order chi connectivity index (χ1) is 11.1. The Balaban J connectivity index is 1.96. The Morgan fingerprint density at radius 2 is 1.74 bits per heavy atom. The number of rotatable bonds is 3. The van der Waals surface area contributed by atoms with Crippen LogP contribution in [0.15, 0.2) is 60.8 Å². The number of carbonyl (C=O) groups excluding carboxylic acids is 1. The number of nitrogens with zero attached hydrogens (tertiary/aromatic N) is 2. The van der Waals surface area contributed by atoms with Crippen LogP contribution in [0.5, 0.6) is 0 Å². The van der Waals surface area contributed by atoms with Gasteiger partial charge in [-0.3, -0.25) is 15.2 Å². The molecule has 7 nitrogen and oxygen atoms in total. The average Bonchev–Trinajstić information content (AvgIpc) is 2.60. The number of pyridine rings is 1. The van der Waals surface area contributed by atoms with E-state index < -0.39 is 15.9 Å². The van der Waals surface area contributed by atoms with Crippen molar-refractivity contribution >= 4 is 28.2 Å². The molecule has 0 bridgehead atoms. The van der Waals surface area contributed by atoms with Crippen LogP contribution in [0.3, 0.4) is 0 Å². The number of hydroxylamine groups is 1. The predicted octanol–water partition coefficient (Wildman–Crippen LogP) is 2.00. The number of benzene rings is 2. The molecule has 114 valence electrons. The number of carbonyl (C=O) groups is 1. The van der Waals surface area contributed by atoms with Gasteiger partial charge in [-0.05, 0) is 18.2 Å². The lowest BCUT2D eigenvalue weighted by Gasteiger charge is -2.20. The molecule has 2 aromatic carbocycles. The van der Waals surface area contributed by atoms with Crippen molar-refractivity contribution in [2.24, 2.45) is 0 Å². The van der Waals surface area contributed by atoms with Gasteiger partial charge >= 0.3 is 5.91 Å². The summed E-state index contributed by atoms with van der Waals surface area (Å²) in [6, 6.07) is 13.5. The summed E-state index contributed by atoms with van der Waals surface area (Å²) in [5.41, 5.74) is 0.635. The lowest BCUT2D eigenvalue weighted by Crippen LogP contribution is -3.05. The van der Waals surface area contributed by atoms with E-state index in [-0.39, 0.29) is 16.9 Å².